The average Bonchev–Trinajstić information content (AvgIpc) is 4.14. The number of ether oxygens (including phenoxy) is 4. The van der Waals surface area contributed by atoms with Crippen LogP contribution in [0.3, 0.4) is 0 Å². The van der Waals surface area contributed by atoms with Crippen LogP contribution in [0.1, 0.15) is 68.3 Å². The number of aromatic nitrogens is 4. The Balaban J connectivity index is 0.000000180. The van der Waals surface area contributed by atoms with Gasteiger partial charge in [0.15, 0.2) is 28.6 Å². The maximum Gasteiger partial charge on any atom is 0.373 e. The van der Waals surface area contributed by atoms with Gasteiger partial charge >= 0.3 is 11.9 Å². The molecule has 372 valence electrons. The SMILES string of the molecule is CCOC(=O)c1c(OCc2ccccc2)c2ncc(Cc3ccc(F)cc3)c3c2n(c1=O)C=C(C(=O)O)O3.CNC(=O)c1c(O)c2ncc(Cc3ccc(F)cc3)c3c2n(c1=O)C=C(C(=O)NCC1(O)CC1)O3. The number of rotatable bonds is 14. The van der Waals surface area contributed by atoms with Crippen molar-refractivity contribution >= 4 is 58.2 Å². The first-order valence-corrected chi connectivity index (χ1v) is 22.5. The molecule has 4 aromatic heterocycles. The van der Waals surface area contributed by atoms with E-state index in [9.17, 15) is 52.9 Å². The highest BCUT2D eigenvalue weighted by Crippen LogP contribution is 2.41. The van der Waals surface area contributed by atoms with Gasteiger partial charge in [-0.2, -0.15) is 0 Å². The van der Waals surface area contributed by atoms with E-state index in [1.165, 1.54) is 43.7 Å². The summed E-state index contributed by atoms with van der Waals surface area (Å²) in [6.45, 7) is 1.64. The normalized spacial score (nSPS) is 13.5. The van der Waals surface area contributed by atoms with Crippen molar-refractivity contribution < 1.29 is 62.2 Å². The van der Waals surface area contributed by atoms with Crippen molar-refractivity contribution in [3.63, 3.8) is 0 Å². The second-order valence-electron chi connectivity index (χ2n) is 17.0. The molecule has 1 aliphatic carbocycles. The van der Waals surface area contributed by atoms with Crippen LogP contribution in [-0.2, 0) is 33.8 Å². The van der Waals surface area contributed by atoms with Gasteiger partial charge in [0.2, 0.25) is 11.5 Å². The van der Waals surface area contributed by atoms with Gasteiger partial charge in [0.25, 0.3) is 22.9 Å². The molecule has 73 heavy (non-hydrogen) atoms. The molecule has 0 atom stereocenters. The monoisotopic (exact) mass is 996 g/mol. The minimum atomic E-state index is -1.41. The summed E-state index contributed by atoms with van der Waals surface area (Å²) in [4.78, 5) is 85.6. The van der Waals surface area contributed by atoms with Gasteiger partial charge in [0.05, 0.1) is 24.6 Å². The summed E-state index contributed by atoms with van der Waals surface area (Å²) >= 11 is 0. The van der Waals surface area contributed by atoms with E-state index in [0.29, 0.717) is 35.1 Å². The number of benzene rings is 3. The number of esters is 1. The molecule has 0 unspecified atom stereocenters. The molecule has 21 heteroatoms. The Morgan fingerprint density at radius 2 is 1.27 bits per heavy atom. The highest BCUT2D eigenvalue weighted by Gasteiger charge is 2.41. The van der Waals surface area contributed by atoms with Crippen LogP contribution in [0.5, 0.6) is 23.0 Å². The molecule has 7 aromatic rings. The Bertz CT molecular complexity index is 3590. The van der Waals surface area contributed by atoms with Crippen LogP contribution in [0.25, 0.3) is 34.5 Å². The van der Waals surface area contributed by atoms with Crippen LogP contribution in [-0.4, -0.2) is 84.0 Å². The minimum absolute atomic E-state index is 0.00302. The number of aliphatic hydroxyl groups is 1. The molecule has 2 aliphatic heterocycles. The summed E-state index contributed by atoms with van der Waals surface area (Å²) in [5.74, 6) is -5.97. The lowest BCUT2D eigenvalue weighted by Gasteiger charge is -2.23. The fourth-order valence-corrected chi connectivity index (χ4v) is 8.03. The standard InChI is InChI=1S/C28H21FN2O7.C24H21FN4O6/c1-2-36-28(35)21-25(37-15-17-6-4-3-5-7-17)22-23-24(38-20(27(33)34)14-31(23)26(21)32)18(13-30-22)12-16-8-10-19(29)11-9-16;1-26-22(32)16-19(30)17-18-20(13(9-27-17)8-12-2-4-14(25)5-3-12)35-15(10-29(18)23(16)33)21(31)28-11-24(34)6-7-24/h3-11,13-14H,2,12,15H2,1H3,(H,33,34);2-5,9-10,30,34H,6-8,11H2,1H3,(H,26,32)(H,28,31). The predicted molar refractivity (Wildman–Crippen MR) is 257 cm³/mol. The number of hydrogen-bond acceptors (Lipinski definition) is 14. The first-order valence-electron chi connectivity index (χ1n) is 22.5. The molecule has 19 nitrogen and oxygen atoms in total. The molecule has 3 aliphatic rings. The smallest absolute Gasteiger partial charge is 0.373 e. The Hall–Kier alpha value is -9.24. The third-order valence-electron chi connectivity index (χ3n) is 11.9. The van der Waals surface area contributed by atoms with Crippen LogP contribution >= 0.6 is 0 Å². The van der Waals surface area contributed by atoms with E-state index < -0.39 is 74.7 Å². The molecular formula is C52H42F2N6O13. The lowest BCUT2D eigenvalue weighted by Crippen LogP contribution is -2.37. The molecule has 0 spiro atoms. The van der Waals surface area contributed by atoms with Crippen LogP contribution in [0.2, 0.25) is 0 Å². The molecular weight excluding hydrogens is 955 g/mol. The molecule has 10 rings (SSSR count). The number of aromatic hydroxyl groups is 1. The third kappa shape index (κ3) is 9.80. The van der Waals surface area contributed by atoms with E-state index in [-0.39, 0.29) is 77.7 Å². The largest absolute Gasteiger partial charge is 0.505 e. The van der Waals surface area contributed by atoms with E-state index in [0.717, 1.165) is 27.1 Å². The number of nitrogens with zero attached hydrogens (tertiary/aromatic N) is 4. The number of carbonyl (C=O) groups excluding carboxylic acids is 3. The summed E-state index contributed by atoms with van der Waals surface area (Å²) in [6.07, 6.45) is 6.53. The van der Waals surface area contributed by atoms with Gasteiger partial charge in [-0.1, -0.05) is 54.6 Å². The molecule has 1 fully saturated rings. The van der Waals surface area contributed by atoms with Crippen LogP contribution < -0.4 is 36.0 Å². The summed E-state index contributed by atoms with van der Waals surface area (Å²) < 4.78 is 51.6. The van der Waals surface area contributed by atoms with Crippen LogP contribution in [0, 0.1) is 11.6 Å². The first kappa shape index (κ1) is 48.8. The van der Waals surface area contributed by atoms with Crippen molar-refractivity contribution in [1.29, 1.82) is 0 Å². The zero-order valence-corrected chi connectivity index (χ0v) is 38.7. The fraction of sp³-hybridized carbons (Fsp3) is 0.192. The summed E-state index contributed by atoms with van der Waals surface area (Å²) in [7, 11) is 1.31. The highest BCUT2D eigenvalue weighted by atomic mass is 19.1. The zero-order chi connectivity index (χ0) is 51.7. The summed E-state index contributed by atoms with van der Waals surface area (Å²) in [5.41, 5.74) is -0.240. The fourth-order valence-electron chi connectivity index (χ4n) is 8.03. The van der Waals surface area contributed by atoms with E-state index in [4.69, 9.17) is 18.9 Å². The lowest BCUT2D eigenvalue weighted by atomic mass is 10.0. The van der Waals surface area contributed by atoms with E-state index in [1.54, 1.807) is 31.2 Å². The maximum absolute atomic E-state index is 13.6. The minimum Gasteiger partial charge on any atom is -0.505 e. The quantitative estimate of drug-likeness (QED) is 0.0880. The second-order valence-corrected chi connectivity index (χ2v) is 17.0. The number of carboxylic acids is 1. The van der Waals surface area contributed by atoms with Crippen molar-refractivity contribution in [3.05, 3.63) is 174 Å². The van der Waals surface area contributed by atoms with Crippen molar-refractivity contribution in [3.8, 4) is 23.0 Å². The average molecular weight is 997 g/mol. The van der Waals surface area contributed by atoms with Crippen LogP contribution in [0.15, 0.2) is 112 Å². The third-order valence-corrected chi connectivity index (χ3v) is 11.9. The number of carboxylic acid groups (broad SMARTS) is 1. The Labute approximate surface area is 411 Å². The number of amides is 2. The molecule has 2 amide bonds. The maximum atomic E-state index is 13.6. The van der Waals surface area contributed by atoms with Crippen molar-refractivity contribution in [1.82, 2.24) is 29.7 Å². The Morgan fingerprint density at radius 3 is 1.82 bits per heavy atom. The molecule has 5 N–H and O–H groups in total. The lowest BCUT2D eigenvalue weighted by molar-refractivity contribution is -0.135. The number of pyridine rings is 4. The number of carbonyl (C=O) groups is 4. The number of hydrogen-bond donors (Lipinski definition) is 5. The number of aliphatic carboxylic acids is 1. The van der Waals surface area contributed by atoms with E-state index >= 15 is 0 Å². The Kier molecular flexibility index (Phi) is 13.3. The molecule has 0 bridgehead atoms. The molecule has 6 heterocycles. The number of halogens is 2. The van der Waals surface area contributed by atoms with Gasteiger partial charge in [0, 0.05) is 50.0 Å². The van der Waals surface area contributed by atoms with Gasteiger partial charge in [-0.25, -0.2) is 18.4 Å². The van der Waals surface area contributed by atoms with Gasteiger partial charge < -0.3 is 44.9 Å². The van der Waals surface area contributed by atoms with Gasteiger partial charge in [-0.15, -0.1) is 0 Å². The van der Waals surface area contributed by atoms with Crippen molar-refractivity contribution in [2.45, 2.75) is 44.8 Å². The number of nitrogens with one attached hydrogen (secondary N) is 2. The molecule has 0 radical (unpaired) electrons. The van der Waals surface area contributed by atoms with Crippen LogP contribution in [0.4, 0.5) is 8.78 Å². The van der Waals surface area contributed by atoms with Crippen molar-refractivity contribution in [2.24, 2.45) is 0 Å². The first-order chi connectivity index (χ1) is 35.1. The topological polar surface area (TPSA) is 260 Å². The van der Waals surface area contributed by atoms with Gasteiger partial charge in [-0.05, 0) is 60.7 Å². The summed E-state index contributed by atoms with van der Waals surface area (Å²) in [6, 6.07) is 20.6. The van der Waals surface area contributed by atoms with E-state index in [2.05, 4.69) is 20.6 Å². The predicted octanol–water partition coefficient (Wildman–Crippen LogP) is 5.18. The van der Waals surface area contributed by atoms with Gasteiger partial charge in [-0.3, -0.25) is 38.3 Å². The highest BCUT2D eigenvalue weighted by molar-refractivity contribution is 6.05. The van der Waals surface area contributed by atoms with Gasteiger partial charge in [0.1, 0.15) is 45.9 Å². The Morgan fingerprint density at radius 1 is 0.740 bits per heavy atom. The van der Waals surface area contributed by atoms with Crippen molar-refractivity contribution in [2.75, 3.05) is 20.2 Å². The molecule has 0 saturated heterocycles. The molecule has 1 saturated carbocycles. The summed E-state index contributed by atoms with van der Waals surface area (Å²) in [5, 5.41) is 35.3. The molecule has 3 aromatic carbocycles. The van der Waals surface area contributed by atoms with E-state index in [1.807, 2.05) is 30.3 Å². The zero-order valence-electron chi connectivity index (χ0n) is 38.7. The second kappa shape index (κ2) is 19.9.